The van der Waals surface area contributed by atoms with Crippen LogP contribution in [0.2, 0.25) is 0 Å². The second-order valence-corrected chi connectivity index (χ2v) is 5.47. The maximum atomic E-state index is 12.1. The fourth-order valence-corrected chi connectivity index (χ4v) is 2.94. The number of amides is 1. The number of benzene rings is 2. The van der Waals surface area contributed by atoms with Gasteiger partial charge in [0.25, 0.3) is 0 Å². The van der Waals surface area contributed by atoms with Crippen molar-refractivity contribution in [2.75, 3.05) is 0 Å². The van der Waals surface area contributed by atoms with Gasteiger partial charge in [0, 0.05) is 13.0 Å². The SMILES string of the molecule is O=C1CCC(C(O)c2ccccc2)N1Cc1ccccc1. The standard InChI is InChI=1S/C18H19NO2/c20-17-12-11-16(18(21)15-9-5-2-6-10-15)19(17)13-14-7-3-1-4-8-14/h1-10,16,18,21H,11-13H2. The number of nitrogens with zero attached hydrogens (tertiary/aromatic N) is 1. The number of rotatable bonds is 4. The first-order valence-corrected chi connectivity index (χ1v) is 7.32. The van der Waals surface area contributed by atoms with E-state index in [-0.39, 0.29) is 11.9 Å². The number of likely N-dealkylation sites (tertiary alicyclic amines) is 1. The Bertz CT molecular complexity index is 597. The summed E-state index contributed by atoms with van der Waals surface area (Å²) in [7, 11) is 0. The van der Waals surface area contributed by atoms with Crippen LogP contribution < -0.4 is 0 Å². The molecule has 0 saturated carbocycles. The maximum Gasteiger partial charge on any atom is 0.223 e. The zero-order valence-corrected chi connectivity index (χ0v) is 11.9. The summed E-state index contributed by atoms with van der Waals surface area (Å²) >= 11 is 0. The summed E-state index contributed by atoms with van der Waals surface area (Å²) < 4.78 is 0. The highest BCUT2D eigenvalue weighted by Crippen LogP contribution is 2.31. The molecule has 1 aliphatic rings. The molecule has 108 valence electrons. The average molecular weight is 281 g/mol. The number of carbonyl (C=O) groups is 1. The van der Waals surface area contributed by atoms with Crippen LogP contribution >= 0.6 is 0 Å². The average Bonchev–Trinajstić information content (AvgIpc) is 2.90. The van der Waals surface area contributed by atoms with Crippen molar-refractivity contribution < 1.29 is 9.90 Å². The van der Waals surface area contributed by atoms with E-state index < -0.39 is 6.10 Å². The molecule has 3 rings (SSSR count). The number of hydrogen-bond acceptors (Lipinski definition) is 2. The summed E-state index contributed by atoms with van der Waals surface area (Å²) in [5, 5.41) is 10.6. The fourth-order valence-electron chi connectivity index (χ4n) is 2.94. The van der Waals surface area contributed by atoms with Crippen LogP contribution in [0.15, 0.2) is 60.7 Å². The molecular weight excluding hydrogens is 262 g/mol. The Balaban J connectivity index is 1.79. The highest BCUT2D eigenvalue weighted by molar-refractivity contribution is 5.79. The third kappa shape index (κ3) is 2.98. The Hall–Kier alpha value is -2.13. The Morgan fingerprint density at radius 3 is 2.33 bits per heavy atom. The van der Waals surface area contributed by atoms with Gasteiger partial charge in [-0.05, 0) is 17.5 Å². The van der Waals surface area contributed by atoms with Gasteiger partial charge in [0.15, 0.2) is 0 Å². The van der Waals surface area contributed by atoms with Gasteiger partial charge < -0.3 is 10.0 Å². The lowest BCUT2D eigenvalue weighted by Gasteiger charge is -2.29. The third-order valence-corrected chi connectivity index (χ3v) is 4.08. The molecule has 2 atom stereocenters. The topological polar surface area (TPSA) is 40.5 Å². The van der Waals surface area contributed by atoms with Crippen molar-refractivity contribution in [1.29, 1.82) is 0 Å². The number of aliphatic hydroxyl groups is 1. The van der Waals surface area contributed by atoms with Gasteiger partial charge in [-0.2, -0.15) is 0 Å². The second-order valence-electron chi connectivity index (χ2n) is 5.47. The van der Waals surface area contributed by atoms with Crippen LogP contribution in [0.3, 0.4) is 0 Å². The minimum absolute atomic E-state index is 0.124. The van der Waals surface area contributed by atoms with Crippen molar-refractivity contribution in [3.8, 4) is 0 Å². The van der Waals surface area contributed by atoms with Crippen molar-refractivity contribution in [3.05, 3.63) is 71.8 Å². The minimum Gasteiger partial charge on any atom is -0.386 e. The van der Waals surface area contributed by atoms with Gasteiger partial charge in [-0.3, -0.25) is 4.79 Å². The van der Waals surface area contributed by atoms with Gasteiger partial charge in [0.1, 0.15) is 0 Å². The summed E-state index contributed by atoms with van der Waals surface area (Å²) in [6, 6.07) is 19.4. The predicted octanol–water partition coefficient (Wildman–Crippen LogP) is 2.91. The molecule has 2 unspecified atom stereocenters. The molecule has 0 bridgehead atoms. The van der Waals surface area contributed by atoms with E-state index in [1.807, 2.05) is 65.6 Å². The van der Waals surface area contributed by atoms with Crippen molar-refractivity contribution in [2.45, 2.75) is 31.5 Å². The van der Waals surface area contributed by atoms with E-state index in [1.165, 1.54) is 0 Å². The van der Waals surface area contributed by atoms with E-state index in [2.05, 4.69) is 0 Å². The highest BCUT2D eigenvalue weighted by Gasteiger charge is 2.36. The van der Waals surface area contributed by atoms with Gasteiger partial charge >= 0.3 is 0 Å². The largest absolute Gasteiger partial charge is 0.386 e. The number of carbonyl (C=O) groups excluding carboxylic acids is 1. The molecule has 3 heteroatoms. The zero-order chi connectivity index (χ0) is 14.7. The van der Waals surface area contributed by atoms with Crippen LogP contribution in [0.5, 0.6) is 0 Å². The van der Waals surface area contributed by atoms with Crippen LogP contribution in [0.25, 0.3) is 0 Å². The molecule has 0 aromatic heterocycles. The molecule has 1 N–H and O–H groups in total. The Morgan fingerprint density at radius 2 is 1.67 bits per heavy atom. The zero-order valence-electron chi connectivity index (χ0n) is 11.9. The highest BCUT2D eigenvalue weighted by atomic mass is 16.3. The summed E-state index contributed by atoms with van der Waals surface area (Å²) in [6.07, 6.45) is 0.602. The van der Waals surface area contributed by atoms with Gasteiger partial charge in [-0.15, -0.1) is 0 Å². The minimum atomic E-state index is -0.624. The molecular formula is C18H19NO2. The smallest absolute Gasteiger partial charge is 0.223 e. The molecule has 1 heterocycles. The lowest BCUT2D eigenvalue weighted by atomic mass is 10.00. The molecule has 1 saturated heterocycles. The van der Waals surface area contributed by atoms with Gasteiger partial charge in [-0.25, -0.2) is 0 Å². The van der Waals surface area contributed by atoms with Crippen LogP contribution in [0, 0.1) is 0 Å². The van der Waals surface area contributed by atoms with E-state index in [9.17, 15) is 9.90 Å². The van der Waals surface area contributed by atoms with Crippen LogP contribution in [-0.4, -0.2) is 22.0 Å². The number of aliphatic hydroxyl groups excluding tert-OH is 1. The molecule has 1 amide bonds. The molecule has 0 radical (unpaired) electrons. The number of hydrogen-bond donors (Lipinski definition) is 1. The van der Waals surface area contributed by atoms with Crippen LogP contribution in [-0.2, 0) is 11.3 Å². The van der Waals surface area contributed by atoms with E-state index in [0.29, 0.717) is 19.4 Å². The normalized spacial score (nSPS) is 19.8. The first-order valence-electron chi connectivity index (χ1n) is 7.32. The Kier molecular flexibility index (Phi) is 4.02. The summed E-state index contributed by atoms with van der Waals surface area (Å²) in [4.78, 5) is 14.0. The summed E-state index contributed by atoms with van der Waals surface area (Å²) in [5.41, 5.74) is 1.97. The first-order chi connectivity index (χ1) is 10.3. The fraction of sp³-hybridized carbons (Fsp3) is 0.278. The summed E-state index contributed by atoms with van der Waals surface area (Å²) in [6.45, 7) is 0.564. The molecule has 21 heavy (non-hydrogen) atoms. The maximum absolute atomic E-state index is 12.1. The molecule has 3 nitrogen and oxygen atoms in total. The molecule has 1 fully saturated rings. The monoisotopic (exact) mass is 281 g/mol. The second kappa shape index (κ2) is 6.10. The van der Waals surface area contributed by atoms with E-state index in [1.54, 1.807) is 0 Å². The molecule has 2 aromatic carbocycles. The van der Waals surface area contributed by atoms with Crippen LogP contribution in [0.4, 0.5) is 0 Å². The third-order valence-electron chi connectivity index (χ3n) is 4.08. The quantitative estimate of drug-likeness (QED) is 0.936. The predicted molar refractivity (Wildman–Crippen MR) is 81.4 cm³/mol. The van der Waals surface area contributed by atoms with Crippen molar-refractivity contribution in [1.82, 2.24) is 4.90 Å². The van der Waals surface area contributed by atoms with Gasteiger partial charge in [0.05, 0.1) is 12.1 Å². The lowest BCUT2D eigenvalue weighted by molar-refractivity contribution is -0.131. The van der Waals surface area contributed by atoms with Crippen molar-refractivity contribution in [2.24, 2.45) is 0 Å². The summed E-state index contributed by atoms with van der Waals surface area (Å²) in [5.74, 6) is 0.124. The molecule has 0 spiro atoms. The Labute approximate surface area is 124 Å². The van der Waals surface area contributed by atoms with E-state index in [0.717, 1.165) is 11.1 Å². The molecule has 0 aliphatic carbocycles. The van der Waals surface area contributed by atoms with E-state index >= 15 is 0 Å². The van der Waals surface area contributed by atoms with Gasteiger partial charge in [0.2, 0.25) is 5.91 Å². The van der Waals surface area contributed by atoms with Crippen molar-refractivity contribution >= 4 is 5.91 Å². The van der Waals surface area contributed by atoms with Crippen LogP contribution in [0.1, 0.15) is 30.1 Å². The Morgan fingerprint density at radius 1 is 1.05 bits per heavy atom. The van der Waals surface area contributed by atoms with E-state index in [4.69, 9.17) is 0 Å². The lowest BCUT2D eigenvalue weighted by Crippen LogP contribution is -2.36. The first kappa shape index (κ1) is 13.8. The molecule has 1 aliphatic heterocycles. The van der Waals surface area contributed by atoms with Crippen molar-refractivity contribution in [3.63, 3.8) is 0 Å². The molecule has 2 aromatic rings. The van der Waals surface area contributed by atoms with Gasteiger partial charge in [-0.1, -0.05) is 60.7 Å².